The lowest BCUT2D eigenvalue weighted by Gasteiger charge is -2.25. The monoisotopic (exact) mass is 299 g/mol. The van der Waals surface area contributed by atoms with Gasteiger partial charge in [0.2, 0.25) is 0 Å². The van der Waals surface area contributed by atoms with Crippen molar-refractivity contribution in [3.63, 3.8) is 0 Å². The lowest BCUT2D eigenvalue weighted by Crippen LogP contribution is -2.41. The molecule has 94 valence electrons. The van der Waals surface area contributed by atoms with Crippen LogP contribution in [0.5, 0.6) is 0 Å². The molecule has 0 heterocycles. The van der Waals surface area contributed by atoms with Gasteiger partial charge in [0.1, 0.15) is 5.54 Å². The molecule has 0 unspecified atom stereocenters. The van der Waals surface area contributed by atoms with Crippen LogP contribution in [0.2, 0.25) is 0 Å². The second-order valence-corrected chi connectivity index (χ2v) is 5.29. The fourth-order valence-electron chi connectivity index (χ4n) is 1.45. The van der Waals surface area contributed by atoms with Gasteiger partial charge < -0.3 is 10.1 Å². The van der Waals surface area contributed by atoms with Gasteiger partial charge in [-0.05, 0) is 51.5 Å². The first-order valence-corrected chi connectivity index (χ1v) is 6.37. The van der Waals surface area contributed by atoms with E-state index in [1.807, 2.05) is 39.0 Å². The van der Waals surface area contributed by atoms with Crippen molar-refractivity contribution >= 4 is 27.6 Å². The third kappa shape index (κ3) is 3.73. The number of benzene rings is 1. The lowest BCUT2D eigenvalue weighted by molar-refractivity contribution is -0.147. The van der Waals surface area contributed by atoms with Gasteiger partial charge in [-0.3, -0.25) is 0 Å². The number of nitrogens with one attached hydrogen (secondary N) is 1. The Morgan fingerprint density at radius 1 is 1.47 bits per heavy atom. The highest BCUT2D eigenvalue weighted by molar-refractivity contribution is 9.10. The Labute approximate surface area is 111 Å². The van der Waals surface area contributed by atoms with Crippen molar-refractivity contribution in [1.82, 2.24) is 0 Å². The van der Waals surface area contributed by atoms with Crippen LogP contribution in [0.15, 0.2) is 22.7 Å². The number of hydrogen-bond acceptors (Lipinski definition) is 3. The molecule has 0 bridgehead atoms. The van der Waals surface area contributed by atoms with E-state index in [-0.39, 0.29) is 5.97 Å². The molecular weight excluding hydrogens is 282 g/mol. The molecule has 0 aliphatic rings. The van der Waals surface area contributed by atoms with E-state index in [1.165, 1.54) is 0 Å². The van der Waals surface area contributed by atoms with Crippen molar-refractivity contribution in [3.8, 4) is 0 Å². The average molecular weight is 300 g/mol. The average Bonchev–Trinajstić information content (AvgIpc) is 2.23. The maximum atomic E-state index is 11.7. The second-order valence-electron chi connectivity index (χ2n) is 4.43. The van der Waals surface area contributed by atoms with Gasteiger partial charge in [0.15, 0.2) is 0 Å². The van der Waals surface area contributed by atoms with Crippen LogP contribution in [-0.4, -0.2) is 18.1 Å². The third-order valence-electron chi connectivity index (χ3n) is 2.40. The number of ether oxygens (including phenoxy) is 1. The zero-order chi connectivity index (χ0) is 13.1. The van der Waals surface area contributed by atoms with Gasteiger partial charge >= 0.3 is 5.97 Å². The van der Waals surface area contributed by atoms with Crippen molar-refractivity contribution < 1.29 is 9.53 Å². The molecule has 0 spiro atoms. The van der Waals surface area contributed by atoms with E-state index in [0.717, 1.165) is 15.7 Å². The van der Waals surface area contributed by atoms with Crippen LogP contribution in [0.4, 0.5) is 5.69 Å². The first-order valence-electron chi connectivity index (χ1n) is 5.58. The van der Waals surface area contributed by atoms with Crippen LogP contribution >= 0.6 is 15.9 Å². The SMILES string of the molecule is CCOC(=O)C(C)(C)Nc1ccc(Br)c(C)c1. The number of carbonyl (C=O) groups is 1. The fraction of sp³-hybridized carbons (Fsp3) is 0.462. The van der Waals surface area contributed by atoms with Crippen LogP contribution in [0.3, 0.4) is 0 Å². The molecule has 0 radical (unpaired) electrons. The summed E-state index contributed by atoms with van der Waals surface area (Å²) >= 11 is 3.44. The van der Waals surface area contributed by atoms with Crippen LogP contribution in [0, 0.1) is 6.92 Å². The maximum Gasteiger partial charge on any atom is 0.331 e. The molecule has 0 saturated heterocycles. The van der Waals surface area contributed by atoms with E-state index in [1.54, 1.807) is 6.92 Å². The van der Waals surface area contributed by atoms with Crippen LogP contribution in [0.1, 0.15) is 26.3 Å². The van der Waals surface area contributed by atoms with E-state index in [2.05, 4.69) is 21.2 Å². The summed E-state index contributed by atoms with van der Waals surface area (Å²) in [7, 11) is 0. The third-order valence-corrected chi connectivity index (χ3v) is 3.29. The van der Waals surface area contributed by atoms with Crippen molar-refractivity contribution in [1.29, 1.82) is 0 Å². The van der Waals surface area contributed by atoms with E-state index >= 15 is 0 Å². The molecule has 0 saturated carbocycles. The molecule has 0 fully saturated rings. The van der Waals surface area contributed by atoms with Gasteiger partial charge in [0.25, 0.3) is 0 Å². The predicted octanol–water partition coefficient (Wildman–Crippen LogP) is 3.51. The van der Waals surface area contributed by atoms with Crippen molar-refractivity contribution in [2.45, 2.75) is 33.2 Å². The molecule has 1 N–H and O–H groups in total. The highest BCUT2D eigenvalue weighted by atomic mass is 79.9. The number of hydrogen-bond donors (Lipinski definition) is 1. The first kappa shape index (κ1) is 14.0. The first-order chi connectivity index (χ1) is 7.86. The minimum atomic E-state index is -0.726. The smallest absolute Gasteiger partial charge is 0.331 e. The fourth-order valence-corrected chi connectivity index (χ4v) is 1.69. The van der Waals surface area contributed by atoms with Crippen LogP contribution in [0.25, 0.3) is 0 Å². The van der Waals surface area contributed by atoms with E-state index in [4.69, 9.17) is 4.74 Å². The Bertz CT molecular complexity index is 416. The molecule has 17 heavy (non-hydrogen) atoms. The standard InChI is InChI=1S/C13H18BrNO2/c1-5-17-12(16)13(3,4)15-10-6-7-11(14)9(2)8-10/h6-8,15H,5H2,1-4H3. The van der Waals surface area contributed by atoms with Gasteiger partial charge in [-0.25, -0.2) is 4.79 Å². The topological polar surface area (TPSA) is 38.3 Å². The number of halogens is 1. The van der Waals surface area contributed by atoms with Crippen molar-refractivity contribution in [3.05, 3.63) is 28.2 Å². The summed E-state index contributed by atoms with van der Waals surface area (Å²) in [5.74, 6) is -0.249. The molecule has 1 aromatic rings. The highest BCUT2D eigenvalue weighted by Gasteiger charge is 2.28. The molecule has 0 atom stereocenters. The maximum absolute atomic E-state index is 11.7. The number of anilines is 1. The van der Waals surface area contributed by atoms with Crippen LogP contribution in [-0.2, 0) is 9.53 Å². The number of esters is 1. The van der Waals surface area contributed by atoms with E-state index < -0.39 is 5.54 Å². The molecule has 4 heteroatoms. The number of aryl methyl sites for hydroxylation is 1. The summed E-state index contributed by atoms with van der Waals surface area (Å²) in [6, 6.07) is 5.88. The molecule has 0 aliphatic carbocycles. The minimum absolute atomic E-state index is 0.249. The Morgan fingerprint density at radius 3 is 2.65 bits per heavy atom. The summed E-state index contributed by atoms with van der Waals surface area (Å²) in [6.07, 6.45) is 0. The van der Waals surface area contributed by atoms with Gasteiger partial charge in [-0.15, -0.1) is 0 Å². The molecule has 0 aromatic heterocycles. The normalized spacial score (nSPS) is 11.1. The summed E-state index contributed by atoms with van der Waals surface area (Å²) in [4.78, 5) is 11.7. The van der Waals surface area contributed by atoms with Crippen molar-refractivity contribution in [2.75, 3.05) is 11.9 Å². The molecular formula is C13H18BrNO2. The summed E-state index contributed by atoms with van der Waals surface area (Å²) < 4.78 is 6.07. The predicted molar refractivity (Wildman–Crippen MR) is 73.2 cm³/mol. The zero-order valence-corrected chi connectivity index (χ0v) is 12.2. The Morgan fingerprint density at radius 2 is 2.12 bits per heavy atom. The minimum Gasteiger partial charge on any atom is -0.464 e. The molecule has 3 nitrogen and oxygen atoms in total. The number of rotatable bonds is 4. The lowest BCUT2D eigenvalue weighted by atomic mass is 10.1. The summed E-state index contributed by atoms with van der Waals surface area (Å²) in [5, 5.41) is 3.18. The Kier molecular flexibility index (Phi) is 4.57. The summed E-state index contributed by atoms with van der Waals surface area (Å²) in [5.41, 5.74) is 1.30. The molecule has 0 amide bonds. The quantitative estimate of drug-likeness (QED) is 0.865. The van der Waals surface area contributed by atoms with Gasteiger partial charge in [0, 0.05) is 10.2 Å². The Hall–Kier alpha value is -1.03. The van der Waals surface area contributed by atoms with E-state index in [9.17, 15) is 4.79 Å². The van der Waals surface area contributed by atoms with E-state index in [0.29, 0.717) is 6.61 Å². The largest absolute Gasteiger partial charge is 0.464 e. The molecule has 0 aliphatic heterocycles. The van der Waals surface area contributed by atoms with Gasteiger partial charge in [0.05, 0.1) is 6.61 Å². The molecule has 1 aromatic carbocycles. The highest BCUT2D eigenvalue weighted by Crippen LogP contribution is 2.23. The second kappa shape index (κ2) is 5.54. The van der Waals surface area contributed by atoms with Gasteiger partial charge in [-0.1, -0.05) is 15.9 Å². The number of carbonyl (C=O) groups excluding carboxylic acids is 1. The van der Waals surface area contributed by atoms with Crippen LogP contribution < -0.4 is 5.32 Å². The summed E-state index contributed by atoms with van der Waals surface area (Å²) in [6.45, 7) is 7.82. The van der Waals surface area contributed by atoms with Crippen molar-refractivity contribution in [2.24, 2.45) is 0 Å². The van der Waals surface area contributed by atoms with Gasteiger partial charge in [-0.2, -0.15) is 0 Å². The molecule has 1 rings (SSSR count). The zero-order valence-electron chi connectivity index (χ0n) is 10.6. The Balaban J connectivity index is 2.82.